The second-order valence-corrected chi connectivity index (χ2v) is 4.75. The lowest BCUT2D eigenvalue weighted by atomic mass is 10.1. The Kier molecular flexibility index (Phi) is 3.32. The molecule has 16 heavy (non-hydrogen) atoms. The van der Waals surface area contributed by atoms with E-state index in [2.05, 4.69) is 20.9 Å². The molecular weight excluding hydrogens is 300 g/mol. The predicted molar refractivity (Wildman–Crippen MR) is 60.2 cm³/mol. The third-order valence-corrected chi connectivity index (χ3v) is 3.61. The van der Waals surface area contributed by atoms with E-state index >= 15 is 0 Å². The minimum absolute atomic E-state index is 0.246. The highest BCUT2D eigenvalue weighted by molar-refractivity contribution is 9.10. The molecule has 0 aliphatic heterocycles. The highest BCUT2D eigenvalue weighted by Gasteiger charge is 2.21. The molecule has 0 saturated heterocycles. The third-order valence-electron chi connectivity index (χ3n) is 2.00. The maximum Gasteiger partial charge on any atom is 0.136 e. The predicted octanol–water partition coefficient (Wildman–Crippen LogP) is 3.27. The lowest BCUT2D eigenvalue weighted by Crippen LogP contribution is -2.05. The molecular formula is C10H6BrF2NOS. The number of hydrogen-bond acceptors (Lipinski definition) is 3. The maximum atomic E-state index is 13.4. The van der Waals surface area contributed by atoms with Gasteiger partial charge < -0.3 is 5.11 Å². The van der Waals surface area contributed by atoms with Gasteiger partial charge in [-0.3, -0.25) is 0 Å². The number of aromatic nitrogens is 1. The smallest absolute Gasteiger partial charge is 0.136 e. The molecule has 6 heteroatoms. The molecule has 1 atom stereocenters. The lowest BCUT2D eigenvalue weighted by Gasteiger charge is -2.09. The van der Waals surface area contributed by atoms with Crippen LogP contribution in [0.4, 0.5) is 8.78 Å². The van der Waals surface area contributed by atoms with E-state index in [0.717, 1.165) is 23.5 Å². The van der Waals surface area contributed by atoms with Crippen LogP contribution in [0.2, 0.25) is 0 Å². The fourth-order valence-corrected chi connectivity index (χ4v) is 2.55. The molecule has 0 aliphatic rings. The van der Waals surface area contributed by atoms with Gasteiger partial charge in [0.25, 0.3) is 0 Å². The second kappa shape index (κ2) is 4.57. The molecule has 1 aromatic heterocycles. The van der Waals surface area contributed by atoms with Crippen molar-refractivity contribution in [1.82, 2.24) is 4.98 Å². The Balaban J connectivity index is 2.45. The van der Waals surface area contributed by atoms with E-state index in [1.807, 2.05) is 0 Å². The molecule has 1 heterocycles. The standard InChI is InChI=1S/C10H6BrF2NOS/c11-7-4-16-10(14-7)9(15)8-5(12)2-1-3-6(8)13/h1-4,9,15H. The Labute approximate surface area is 103 Å². The van der Waals surface area contributed by atoms with Gasteiger partial charge in [0.1, 0.15) is 27.3 Å². The summed E-state index contributed by atoms with van der Waals surface area (Å²) in [5.41, 5.74) is -0.371. The quantitative estimate of drug-likeness (QED) is 0.924. The summed E-state index contributed by atoms with van der Waals surface area (Å²) in [6.07, 6.45) is -1.38. The Morgan fingerprint density at radius 2 is 1.94 bits per heavy atom. The zero-order chi connectivity index (χ0) is 11.7. The van der Waals surface area contributed by atoms with Crippen LogP contribution >= 0.6 is 27.3 Å². The van der Waals surface area contributed by atoms with E-state index < -0.39 is 17.7 Å². The number of aliphatic hydroxyl groups excluding tert-OH is 1. The highest BCUT2D eigenvalue weighted by Crippen LogP contribution is 2.29. The average Bonchev–Trinajstić information content (AvgIpc) is 2.64. The van der Waals surface area contributed by atoms with Gasteiger partial charge in [0.05, 0.1) is 5.56 Å². The average molecular weight is 306 g/mol. The third kappa shape index (κ3) is 2.14. The molecule has 2 rings (SSSR count). The van der Waals surface area contributed by atoms with Gasteiger partial charge in [0.15, 0.2) is 0 Å². The van der Waals surface area contributed by atoms with Gasteiger partial charge in [-0.15, -0.1) is 11.3 Å². The molecule has 0 saturated carbocycles. The van der Waals surface area contributed by atoms with E-state index in [9.17, 15) is 13.9 Å². The van der Waals surface area contributed by atoms with Crippen LogP contribution in [0.1, 0.15) is 16.7 Å². The van der Waals surface area contributed by atoms with Crippen molar-refractivity contribution < 1.29 is 13.9 Å². The summed E-state index contributed by atoms with van der Waals surface area (Å²) in [7, 11) is 0. The number of benzene rings is 1. The van der Waals surface area contributed by atoms with Crippen molar-refractivity contribution in [2.24, 2.45) is 0 Å². The van der Waals surface area contributed by atoms with Crippen molar-refractivity contribution in [2.75, 3.05) is 0 Å². The van der Waals surface area contributed by atoms with Crippen LogP contribution in [-0.4, -0.2) is 10.1 Å². The van der Waals surface area contributed by atoms with Crippen molar-refractivity contribution in [2.45, 2.75) is 6.10 Å². The first-order valence-electron chi connectivity index (χ1n) is 4.32. The molecule has 0 bridgehead atoms. The summed E-state index contributed by atoms with van der Waals surface area (Å²) in [6.45, 7) is 0. The minimum atomic E-state index is -1.38. The maximum absolute atomic E-state index is 13.4. The summed E-state index contributed by atoms with van der Waals surface area (Å²) in [4.78, 5) is 3.92. The van der Waals surface area contributed by atoms with E-state index in [1.54, 1.807) is 5.38 Å². The van der Waals surface area contributed by atoms with Gasteiger partial charge in [0.2, 0.25) is 0 Å². The van der Waals surface area contributed by atoms with Gasteiger partial charge in [-0.2, -0.15) is 0 Å². The van der Waals surface area contributed by atoms with Crippen molar-refractivity contribution in [3.05, 3.63) is 50.4 Å². The number of halogens is 3. The van der Waals surface area contributed by atoms with Gasteiger partial charge in [-0.05, 0) is 28.1 Å². The fourth-order valence-electron chi connectivity index (χ4n) is 1.29. The number of nitrogens with zero attached hydrogens (tertiary/aromatic N) is 1. The number of hydrogen-bond donors (Lipinski definition) is 1. The Bertz CT molecular complexity index is 497. The van der Waals surface area contributed by atoms with Crippen molar-refractivity contribution in [3.8, 4) is 0 Å². The highest BCUT2D eigenvalue weighted by atomic mass is 79.9. The number of aliphatic hydroxyl groups is 1. The normalized spacial score (nSPS) is 12.8. The van der Waals surface area contributed by atoms with Gasteiger partial charge >= 0.3 is 0 Å². The van der Waals surface area contributed by atoms with Gasteiger partial charge in [-0.25, -0.2) is 13.8 Å². The van der Waals surface area contributed by atoms with Gasteiger partial charge in [0, 0.05) is 5.38 Å². The lowest BCUT2D eigenvalue weighted by molar-refractivity contribution is 0.208. The monoisotopic (exact) mass is 305 g/mol. The second-order valence-electron chi connectivity index (χ2n) is 3.05. The van der Waals surface area contributed by atoms with Crippen LogP contribution in [0.3, 0.4) is 0 Å². The first-order valence-corrected chi connectivity index (χ1v) is 5.99. The van der Waals surface area contributed by atoms with E-state index in [-0.39, 0.29) is 10.6 Å². The van der Waals surface area contributed by atoms with Crippen molar-refractivity contribution in [1.29, 1.82) is 0 Å². The first-order chi connectivity index (χ1) is 7.59. The molecule has 2 aromatic rings. The molecule has 0 spiro atoms. The van der Waals surface area contributed by atoms with Crippen molar-refractivity contribution >= 4 is 27.3 Å². The molecule has 1 N–H and O–H groups in total. The molecule has 0 amide bonds. The van der Waals surface area contributed by atoms with Crippen LogP contribution in [0.25, 0.3) is 0 Å². The number of rotatable bonds is 2. The zero-order valence-corrected chi connectivity index (χ0v) is 10.2. The molecule has 84 valence electrons. The van der Waals surface area contributed by atoms with Crippen LogP contribution in [0.5, 0.6) is 0 Å². The molecule has 2 nitrogen and oxygen atoms in total. The summed E-state index contributed by atoms with van der Waals surface area (Å²) >= 11 is 4.24. The first kappa shape index (κ1) is 11.6. The van der Waals surface area contributed by atoms with Crippen LogP contribution in [0, 0.1) is 11.6 Å². The molecule has 1 aromatic carbocycles. The van der Waals surface area contributed by atoms with E-state index in [0.29, 0.717) is 4.60 Å². The van der Waals surface area contributed by atoms with E-state index in [4.69, 9.17) is 0 Å². The summed E-state index contributed by atoms with van der Waals surface area (Å²) < 4.78 is 27.2. The van der Waals surface area contributed by atoms with E-state index in [1.165, 1.54) is 6.07 Å². The van der Waals surface area contributed by atoms with Crippen LogP contribution in [0.15, 0.2) is 28.2 Å². The molecule has 1 unspecified atom stereocenters. The summed E-state index contributed by atoms with van der Waals surface area (Å²) in [5.74, 6) is -1.56. The fraction of sp³-hybridized carbons (Fsp3) is 0.100. The SMILES string of the molecule is OC(c1nc(Br)cs1)c1c(F)cccc1F. The van der Waals surface area contributed by atoms with Crippen LogP contribution < -0.4 is 0 Å². The van der Waals surface area contributed by atoms with Crippen LogP contribution in [-0.2, 0) is 0 Å². The Hall–Kier alpha value is -0.850. The summed E-state index contributed by atoms with van der Waals surface area (Å²) in [6, 6.07) is 3.45. The molecule has 0 fully saturated rings. The number of thiazole rings is 1. The summed E-state index contributed by atoms with van der Waals surface area (Å²) in [5, 5.41) is 11.7. The topological polar surface area (TPSA) is 33.1 Å². The molecule has 0 aliphatic carbocycles. The zero-order valence-electron chi connectivity index (χ0n) is 7.82. The Morgan fingerprint density at radius 3 is 2.44 bits per heavy atom. The van der Waals surface area contributed by atoms with Crippen molar-refractivity contribution in [3.63, 3.8) is 0 Å². The minimum Gasteiger partial charge on any atom is -0.381 e. The largest absolute Gasteiger partial charge is 0.381 e. The molecule has 0 radical (unpaired) electrons. The van der Waals surface area contributed by atoms with Gasteiger partial charge in [-0.1, -0.05) is 6.07 Å². The Morgan fingerprint density at radius 1 is 1.31 bits per heavy atom.